The molecule has 2 aliphatic heterocycles. The molecule has 0 aliphatic carbocycles. The lowest BCUT2D eigenvalue weighted by atomic mass is 10.1. The molecule has 2 aliphatic rings. The lowest BCUT2D eigenvalue weighted by Crippen LogP contribution is -2.49. The minimum absolute atomic E-state index is 0. The van der Waals surface area contributed by atoms with Gasteiger partial charge in [-0.25, -0.2) is 4.99 Å². The molecule has 0 aromatic carbocycles. The van der Waals surface area contributed by atoms with Crippen LogP contribution in [-0.2, 0) is 19.5 Å². The van der Waals surface area contributed by atoms with Gasteiger partial charge >= 0.3 is 0 Å². The van der Waals surface area contributed by atoms with Crippen LogP contribution in [0.15, 0.2) is 4.99 Å². The number of hydrogen-bond donors (Lipinski definition) is 1. The quantitative estimate of drug-likeness (QED) is 0.398. The molecular formula is C18H33IN6S. The minimum atomic E-state index is 0. The van der Waals surface area contributed by atoms with Crippen molar-refractivity contribution >= 4 is 41.7 Å². The third-order valence-corrected chi connectivity index (χ3v) is 6.57. The Bertz CT molecular complexity index is 588. The van der Waals surface area contributed by atoms with Crippen molar-refractivity contribution < 1.29 is 0 Å². The first-order valence-electron chi connectivity index (χ1n) is 9.74. The van der Waals surface area contributed by atoms with Crippen molar-refractivity contribution in [3.8, 4) is 0 Å². The molecule has 3 heterocycles. The van der Waals surface area contributed by atoms with E-state index in [0.717, 1.165) is 50.2 Å². The highest BCUT2D eigenvalue weighted by atomic mass is 127. The number of thioether (sulfide) groups is 1. The maximum atomic E-state index is 4.91. The van der Waals surface area contributed by atoms with Crippen LogP contribution in [0.4, 0.5) is 0 Å². The van der Waals surface area contributed by atoms with E-state index in [0.29, 0.717) is 17.7 Å². The lowest BCUT2D eigenvalue weighted by molar-refractivity contribution is 0.380. The van der Waals surface area contributed by atoms with E-state index in [2.05, 4.69) is 57.5 Å². The highest BCUT2D eigenvalue weighted by Crippen LogP contribution is 2.25. The Morgan fingerprint density at radius 2 is 2.12 bits per heavy atom. The number of rotatable bonds is 4. The average Bonchev–Trinajstić information content (AvgIpc) is 2.85. The second-order valence-corrected chi connectivity index (χ2v) is 8.61. The summed E-state index contributed by atoms with van der Waals surface area (Å²) in [6.45, 7) is 11.5. The summed E-state index contributed by atoms with van der Waals surface area (Å²) in [6.07, 6.45) is 4.79. The fourth-order valence-corrected chi connectivity index (χ4v) is 4.80. The van der Waals surface area contributed by atoms with E-state index in [-0.39, 0.29) is 24.0 Å². The molecule has 8 heteroatoms. The Hall–Kier alpha value is -0.510. The van der Waals surface area contributed by atoms with Crippen LogP contribution in [0.1, 0.15) is 51.7 Å². The van der Waals surface area contributed by atoms with E-state index in [1.807, 2.05) is 0 Å². The number of aryl methyl sites for hydroxylation is 1. The van der Waals surface area contributed by atoms with Crippen molar-refractivity contribution in [2.24, 2.45) is 10.9 Å². The highest BCUT2D eigenvalue weighted by molar-refractivity contribution is 14.0. The molecule has 1 fully saturated rings. The molecule has 1 aromatic heterocycles. The van der Waals surface area contributed by atoms with Crippen molar-refractivity contribution in [1.82, 2.24) is 25.0 Å². The molecule has 0 bridgehead atoms. The fraction of sp³-hybridized carbons (Fsp3) is 0.833. The van der Waals surface area contributed by atoms with Gasteiger partial charge in [-0.15, -0.1) is 34.2 Å². The fourth-order valence-electron chi connectivity index (χ4n) is 3.50. The summed E-state index contributed by atoms with van der Waals surface area (Å²) in [5.41, 5.74) is 0. The van der Waals surface area contributed by atoms with E-state index >= 15 is 0 Å². The zero-order valence-corrected chi connectivity index (χ0v) is 19.4. The maximum Gasteiger partial charge on any atom is 0.194 e. The zero-order chi connectivity index (χ0) is 17.6. The number of nitrogens with zero attached hydrogens (tertiary/aromatic N) is 5. The summed E-state index contributed by atoms with van der Waals surface area (Å²) < 4.78 is 2.29. The highest BCUT2D eigenvalue weighted by Gasteiger charge is 2.25. The first kappa shape index (κ1) is 21.8. The zero-order valence-electron chi connectivity index (χ0n) is 16.3. The van der Waals surface area contributed by atoms with Gasteiger partial charge in [0.1, 0.15) is 12.4 Å². The van der Waals surface area contributed by atoms with Crippen LogP contribution in [0.3, 0.4) is 0 Å². The monoisotopic (exact) mass is 492 g/mol. The largest absolute Gasteiger partial charge is 0.357 e. The number of fused-ring (bicyclic) bond motifs is 1. The standard InChI is InChI=1S/C18H32N6S.HI/c1-4-19-18(23-10-11-25-15(13-23)14(2)3)20-12-17-22-21-16-8-6-5-7-9-24(16)17;/h14-15H,4-13H2,1-3H3,(H,19,20);1H. The van der Waals surface area contributed by atoms with E-state index in [4.69, 9.17) is 4.99 Å². The minimum Gasteiger partial charge on any atom is -0.357 e. The topological polar surface area (TPSA) is 58.3 Å². The Kier molecular flexibility index (Phi) is 8.99. The van der Waals surface area contributed by atoms with Crippen molar-refractivity contribution in [1.29, 1.82) is 0 Å². The van der Waals surface area contributed by atoms with E-state index < -0.39 is 0 Å². The van der Waals surface area contributed by atoms with Crippen molar-refractivity contribution in [2.75, 3.05) is 25.4 Å². The summed E-state index contributed by atoms with van der Waals surface area (Å²) in [5, 5.41) is 13.0. The summed E-state index contributed by atoms with van der Waals surface area (Å²) in [4.78, 5) is 7.33. The Morgan fingerprint density at radius 3 is 2.88 bits per heavy atom. The van der Waals surface area contributed by atoms with Crippen LogP contribution in [0.5, 0.6) is 0 Å². The second-order valence-electron chi connectivity index (χ2n) is 7.26. The molecule has 1 saturated heterocycles. The van der Waals surface area contributed by atoms with Gasteiger partial charge in [-0.05, 0) is 25.7 Å². The van der Waals surface area contributed by atoms with Crippen LogP contribution in [-0.4, -0.2) is 56.3 Å². The molecule has 0 amide bonds. The summed E-state index contributed by atoms with van der Waals surface area (Å²) >= 11 is 2.10. The molecule has 1 atom stereocenters. The molecule has 1 N–H and O–H groups in total. The number of aliphatic imine (C=N–C) groups is 1. The van der Waals surface area contributed by atoms with Crippen LogP contribution in [0.25, 0.3) is 0 Å². The van der Waals surface area contributed by atoms with Crippen LogP contribution < -0.4 is 5.32 Å². The smallest absolute Gasteiger partial charge is 0.194 e. The predicted molar refractivity (Wildman–Crippen MR) is 120 cm³/mol. The molecule has 26 heavy (non-hydrogen) atoms. The third kappa shape index (κ3) is 5.50. The molecule has 0 saturated carbocycles. The van der Waals surface area contributed by atoms with Crippen molar-refractivity contribution in [3.63, 3.8) is 0 Å². The SMILES string of the molecule is CCNC(=NCc1nnc2n1CCCCC2)N1CCSC(C(C)C)C1.I. The van der Waals surface area contributed by atoms with Gasteiger partial charge < -0.3 is 14.8 Å². The number of aromatic nitrogens is 3. The van der Waals surface area contributed by atoms with Crippen molar-refractivity contribution in [2.45, 2.75) is 64.8 Å². The molecule has 0 spiro atoms. The molecule has 3 rings (SSSR count). The number of guanidine groups is 1. The van der Waals surface area contributed by atoms with E-state index in [1.165, 1.54) is 25.0 Å². The summed E-state index contributed by atoms with van der Waals surface area (Å²) in [5.74, 6) is 5.05. The Balaban J connectivity index is 0.00000243. The molecule has 6 nitrogen and oxygen atoms in total. The predicted octanol–water partition coefficient (Wildman–Crippen LogP) is 3.16. The van der Waals surface area contributed by atoms with Gasteiger partial charge in [-0.1, -0.05) is 20.3 Å². The van der Waals surface area contributed by atoms with Gasteiger partial charge in [0.2, 0.25) is 0 Å². The normalized spacial score (nSPS) is 21.2. The Labute approximate surface area is 179 Å². The molecular weight excluding hydrogens is 459 g/mol. The third-order valence-electron chi connectivity index (χ3n) is 5.03. The number of halogens is 1. The summed E-state index contributed by atoms with van der Waals surface area (Å²) in [7, 11) is 0. The van der Waals surface area contributed by atoms with Crippen LogP contribution in [0, 0.1) is 5.92 Å². The first-order valence-corrected chi connectivity index (χ1v) is 10.8. The van der Waals surface area contributed by atoms with Crippen molar-refractivity contribution in [3.05, 3.63) is 11.6 Å². The Morgan fingerprint density at radius 1 is 1.27 bits per heavy atom. The number of hydrogen-bond acceptors (Lipinski definition) is 4. The van der Waals surface area contributed by atoms with Gasteiger partial charge in [0, 0.05) is 43.6 Å². The van der Waals surface area contributed by atoms with Gasteiger partial charge in [0.15, 0.2) is 11.8 Å². The molecule has 148 valence electrons. The maximum absolute atomic E-state index is 4.91. The second kappa shape index (κ2) is 10.7. The van der Waals surface area contributed by atoms with Gasteiger partial charge in [0.25, 0.3) is 0 Å². The molecule has 1 aromatic rings. The van der Waals surface area contributed by atoms with Gasteiger partial charge in [-0.2, -0.15) is 11.8 Å². The number of nitrogens with one attached hydrogen (secondary N) is 1. The van der Waals surface area contributed by atoms with Gasteiger partial charge in [-0.3, -0.25) is 0 Å². The molecule has 0 radical (unpaired) electrons. The van der Waals surface area contributed by atoms with E-state index in [9.17, 15) is 0 Å². The van der Waals surface area contributed by atoms with E-state index in [1.54, 1.807) is 0 Å². The summed E-state index contributed by atoms with van der Waals surface area (Å²) in [6, 6.07) is 0. The molecule has 1 unspecified atom stereocenters. The van der Waals surface area contributed by atoms with Crippen LogP contribution >= 0.6 is 35.7 Å². The lowest BCUT2D eigenvalue weighted by Gasteiger charge is -2.36. The van der Waals surface area contributed by atoms with Gasteiger partial charge in [0.05, 0.1) is 0 Å². The first-order chi connectivity index (χ1) is 12.2. The van der Waals surface area contributed by atoms with Crippen LogP contribution in [0.2, 0.25) is 0 Å². The average molecular weight is 492 g/mol.